The minimum atomic E-state index is -0.0966. The fourth-order valence-corrected chi connectivity index (χ4v) is 3.22. The summed E-state index contributed by atoms with van der Waals surface area (Å²) in [5.74, 6) is 1.42. The van der Waals surface area contributed by atoms with Gasteiger partial charge in [0.15, 0.2) is 5.82 Å². The van der Waals surface area contributed by atoms with Gasteiger partial charge in [0.25, 0.3) is 0 Å². The highest BCUT2D eigenvalue weighted by Gasteiger charge is 2.31. The highest BCUT2D eigenvalue weighted by Crippen LogP contribution is 2.30. The molecule has 124 valence electrons. The molecule has 9 heteroatoms. The quantitative estimate of drug-likeness (QED) is 0.893. The molecule has 23 heavy (non-hydrogen) atoms. The van der Waals surface area contributed by atoms with Crippen LogP contribution < -0.4 is 5.32 Å². The van der Waals surface area contributed by atoms with E-state index in [0.717, 1.165) is 24.4 Å². The van der Waals surface area contributed by atoms with Crippen molar-refractivity contribution in [2.24, 2.45) is 0 Å². The van der Waals surface area contributed by atoms with Crippen molar-refractivity contribution in [1.29, 1.82) is 0 Å². The van der Waals surface area contributed by atoms with E-state index in [1.807, 2.05) is 20.8 Å². The number of rotatable bonds is 5. The lowest BCUT2D eigenvalue weighted by molar-refractivity contribution is -0.117. The second-order valence-electron chi connectivity index (χ2n) is 5.95. The number of carbonyl (C=O) groups is 1. The third kappa shape index (κ3) is 3.73. The average Bonchev–Trinajstić information content (AvgIpc) is 3.19. The number of amides is 1. The lowest BCUT2D eigenvalue weighted by atomic mass is 10.2. The van der Waals surface area contributed by atoms with Gasteiger partial charge >= 0.3 is 0 Å². The first-order valence-corrected chi connectivity index (χ1v) is 8.52. The Morgan fingerprint density at radius 2 is 2.30 bits per heavy atom. The van der Waals surface area contributed by atoms with Gasteiger partial charge in [-0.05, 0) is 26.3 Å². The summed E-state index contributed by atoms with van der Waals surface area (Å²) in [7, 11) is 0. The van der Waals surface area contributed by atoms with Crippen molar-refractivity contribution in [3.63, 3.8) is 0 Å². The molecular weight excluding hydrogens is 316 g/mol. The van der Waals surface area contributed by atoms with Gasteiger partial charge in [-0.25, -0.2) is 0 Å². The maximum Gasteiger partial charge on any atom is 0.240 e. The summed E-state index contributed by atoms with van der Waals surface area (Å²) in [6, 6.07) is 0.0353. The number of anilines is 1. The molecule has 0 radical (unpaired) electrons. The van der Waals surface area contributed by atoms with Gasteiger partial charge in [0.2, 0.25) is 16.9 Å². The van der Waals surface area contributed by atoms with E-state index >= 15 is 0 Å². The molecule has 1 fully saturated rings. The molecule has 1 aliphatic rings. The Labute approximate surface area is 138 Å². The van der Waals surface area contributed by atoms with E-state index in [1.165, 1.54) is 11.3 Å². The largest absolute Gasteiger partial charge is 0.339 e. The Hall–Kier alpha value is -1.87. The zero-order chi connectivity index (χ0) is 16.4. The maximum atomic E-state index is 12.2. The Bertz CT molecular complexity index is 682. The molecule has 2 aromatic rings. The van der Waals surface area contributed by atoms with E-state index in [4.69, 9.17) is 4.52 Å². The zero-order valence-electron chi connectivity index (χ0n) is 13.4. The number of aryl methyl sites for hydroxylation is 1. The fourth-order valence-electron chi connectivity index (χ4n) is 2.62. The van der Waals surface area contributed by atoms with Gasteiger partial charge in [0, 0.05) is 5.92 Å². The molecule has 3 heterocycles. The average molecular weight is 336 g/mol. The lowest BCUT2D eigenvalue weighted by Gasteiger charge is -2.20. The van der Waals surface area contributed by atoms with Crippen LogP contribution in [0.2, 0.25) is 0 Å². The van der Waals surface area contributed by atoms with Crippen LogP contribution in [0.15, 0.2) is 4.52 Å². The third-order valence-electron chi connectivity index (χ3n) is 3.73. The van der Waals surface area contributed by atoms with Gasteiger partial charge in [0.1, 0.15) is 5.01 Å². The predicted molar refractivity (Wildman–Crippen MR) is 85.2 cm³/mol. The van der Waals surface area contributed by atoms with E-state index in [0.29, 0.717) is 16.8 Å². The van der Waals surface area contributed by atoms with Gasteiger partial charge in [-0.15, -0.1) is 10.2 Å². The van der Waals surface area contributed by atoms with Crippen LogP contribution in [0.5, 0.6) is 0 Å². The summed E-state index contributed by atoms with van der Waals surface area (Å²) in [5.41, 5.74) is 0. The van der Waals surface area contributed by atoms with Crippen LogP contribution in [0.3, 0.4) is 0 Å². The zero-order valence-corrected chi connectivity index (χ0v) is 14.3. The Morgan fingerprint density at radius 1 is 1.48 bits per heavy atom. The molecule has 1 saturated heterocycles. The van der Waals surface area contributed by atoms with Crippen molar-refractivity contribution in [1.82, 2.24) is 25.2 Å². The van der Waals surface area contributed by atoms with E-state index in [1.54, 1.807) is 0 Å². The first-order valence-electron chi connectivity index (χ1n) is 7.70. The number of nitrogens with zero attached hydrogens (tertiary/aromatic N) is 5. The molecular formula is C14H20N6O2S. The molecule has 3 rings (SSSR count). The predicted octanol–water partition coefficient (Wildman–Crippen LogP) is 2.13. The standard InChI is InChI=1S/C14H20N6O2S/c1-8(2)13-16-12(19-22-13)10-5-4-6-20(10)7-11(21)15-14-18-17-9(3)23-14/h8,10H,4-7H2,1-3H3,(H,15,18,21). The smallest absolute Gasteiger partial charge is 0.240 e. The molecule has 2 aromatic heterocycles. The van der Waals surface area contributed by atoms with Crippen LogP contribution in [0.1, 0.15) is 55.4 Å². The van der Waals surface area contributed by atoms with Crippen molar-refractivity contribution in [3.8, 4) is 0 Å². The molecule has 1 atom stereocenters. The Balaban J connectivity index is 1.63. The minimum absolute atomic E-state index is 0.0353. The van der Waals surface area contributed by atoms with Gasteiger partial charge in [-0.2, -0.15) is 4.98 Å². The monoisotopic (exact) mass is 336 g/mol. The molecule has 1 aliphatic heterocycles. The summed E-state index contributed by atoms with van der Waals surface area (Å²) in [6.07, 6.45) is 1.95. The maximum absolute atomic E-state index is 12.2. The molecule has 0 spiro atoms. The summed E-state index contributed by atoms with van der Waals surface area (Å²) in [6.45, 7) is 7.02. The van der Waals surface area contributed by atoms with Crippen LogP contribution in [-0.2, 0) is 4.79 Å². The second-order valence-corrected chi connectivity index (χ2v) is 7.13. The van der Waals surface area contributed by atoms with Crippen LogP contribution in [0.25, 0.3) is 0 Å². The molecule has 0 saturated carbocycles. The first-order chi connectivity index (χ1) is 11.0. The minimum Gasteiger partial charge on any atom is -0.339 e. The highest BCUT2D eigenvalue weighted by atomic mass is 32.1. The SMILES string of the molecule is Cc1nnc(NC(=O)CN2CCCC2c2noc(C(C)C)n2)s1. The van der Waals surface area contributed by atoms with Crippen LogP contribution in [0, 0.1) is 6.92 Å². The summed E-state index contributed by atoms with van der Waals surface area (Å²) < 4.78 is 5.29. The molecule has 8 nitrogen and oxygen atoms in total. The van der Waals surface area contributed by atoms with Crippen molar-refractivity contribution in [3.05, 3.63) is 16.7 Å². The second kappa shape index (κ2) is 6.71. The van der Waals surface area contributed by atoms with Gasteiger partial charge in [-0.1, -0.05) is 30.3 Å². The topological polar surface area (TPSA) is 97.0 Å². The van der Waals surface area contributed by atoms with E-state index in [9.17, 15) is 4.79 Å². The number of hydrogen-bond acceptors (Lipinski definition) is 8. The molecule has 0 aromatic carbocycles. The molecule has 1 amide bonds. The van der Waals surface area contributed by atoms with Crippen LogP contribution in [0.4, 0.5) is 5.13 Å². The number of carbonyl (C=O) groups excluding carboxylic acids is 1. The van der Waals surface area contributed by atoms with E-state index in [2.05, 4.69) is 30.6 Å². The highest BCUT2D eigenvalue weighted by molar-refractivity contribution is 7.15. The first kappa shape index (κ1) is 16.0. The van der Waals surface area contributed by atoms with E-state index in [-0.39, 0.29) is 24.4 Å². The van der Waals surface area contributed by atoms with Crippen molar-refractivity contribution >= 4 is 22.4 Å². The van der Waals surface area contributed by atoms with Gasteiger partial charge in [-0.3, -0.25) is 15.0 Å². The summed E-state index contributed by atoms with van der Waals surface area (Å²) in [5, 5.41) is 16.0. The van der Waals surface area contributed by atoms with Crippen molar-refractivity contribution in [2.45, 2.75) is 45.6 Å². The lowest BCUT2D eigenvalue weighted by Crippen LogP contribution is -2.33. The van der Waals surface area contributed by atoms with Gasteiger partial charge in [0.05, 0.1) is 12.6 Å². The number of aromatic nitrogens is 4. The number of nitrogens with one attached hydrogen (secondary N) is 1. The summed E-state index contributed by atoms with van der Waals surface area (Å²) >= 11 is 1.37. The van der Waals surface area contributed by atoms with E-state index < -0.39 is 0 Å². The number of hydrogen-bond donors (Lipinski definition) is 1. The van der Waals surface area contributed by atoms with Gasteiger partial charge < -0.3 is 4.52 Å². The number of likely N-dealkylation sites (tertiary alicyclic amines) is 1. The Kier molecular flexibility index (Phi) is 4.67. The molecule has 0 bridgehead atoms. The van der Waals surface area contributed by atoms with Crippen molar-refractivity contribution in [2.75, 3.05) is 18.4 Å². The fraction of sp³-hybridized carbons (Fsp3) is 0.643. The van der Waals surface area contributed by atoms with Crippen LogP contribution in [-0.4, -0.2) is 44.2 Å². The third-order valence-corrected chi connectivity index (χ3v) is 4.49. The molecule has 1 unspecified atom stereocenters. The molecule has 0 aliphatic carbocycles. The Morgan fingerprint density at radius 3 is 2.96 bits per heavy atom. The van der Waals surface area contributed by atoms with Crippen LogP contribution >= 0.6 is 11.3 Å². The normalized spacial score (nSPS) is 18.7. The molecule has 1 N–H and O–H groups in total. The van der Waals surface area contributed by atoms with Crippen molar-refractivity contribution < 1.29 is 9.32 Å². The summed E-state index contributed by atoms with van der Waals surface area (Å²) in [4.78, 5) is 18.7.